The number of benzene rings is 1. The van der Waals surface area contributed by atoms with E-state index in [1.54, 1.807) is 0 Å². The molecule has 130 valence electrons. The van der Waals surface area contributed by atoms with Gasteiger partial charge in [-0.15, -0.1) is 0 Å². The van der Waals surface area contributed by atoms with Crippen LogP contribution in [-0.2, 0) is 12.1 Å². The zero-order valence-corrected chi connectivity index (χ0v) is 12.6. The molecule has 2 atom stereocenters. The Morgan fingerprint density at radius 1 is 1.28 bits per heavy atom. The molecule has 0 amide bonds. The smallest absolute Gasteiger partial charge is 0.163 e. The van der Waals surface area contributed by atoms with Gasteiger partial charge in [0, 0.05) is 23.0 Å². The topological polar surface area (TPSA) is 76.7 Å². The Labute approximate surface area is 146 Å². The summed E-state index contributed by atoms with van der Waals surface area (Å²) in [5.74, 6) is -6.86. The van der Waals surface area contributed by atoms with Crippen molar-refractivity contribution in [3.63, 3.8) is 0 Å². The minimum atomic E-state index is -3.42. The summed E-state index contributed by atoms with van der Waals surface area (Å²) in [5, 5.41) is 15.3. The Morgan fingerprint density at radius 3 is 2.76 bits per heavy atom. The molecular formula is C16H14F3N5O. The normalized spacial score (nSPS) is 19.0. The highest BCUT2D eigenvalue weighted by molar-refractivity contribution is 5.30. The van der Waals surface area contributed by atoms with E-state index in [0.717, 1.165) is 35.8 Å². The van der Waals surface area contributed by atoms with Gasteiger partial charge in [-0.25, -0.2) is 32.8 Å². The molecule has 3 rings (SSSR count). The molecule has 2 aromatic heterocycles. The zero-order chi connectivity index (χ0) is 21.4. The van der Waals surface area contributed by atoms with E-state index in [4.69, 9.17) is 5.48 Å². The van der Waals surface area contributed by atoms with Gasteiger partial charge in [-0.3, -0.25) is 0 Å². The maximum atomic E-state index is 14.7. The minimum Gasteiger partial charge on any atom is -0.382 e. The summed E-state index contributed by atoms with van der Waals surface area (Å²) < 4.78 is 75.9. The van der Waals surface area contributed by atoms with Crippen LogP contribution in [-0.4, -0.2) is 29.8 Å². The van der Waals surface area contributed by atoms with Crippen molar-refractivity contribution in [1.29, 1.82) is 0 Å². The highest BCUT2D eigenvalue weighted by Crippen LogP contribution is 2.39. The zero-order valence-electron chi connectivity index (χ0n) is 16.6. The molecule has 0 aliphatic heterocycles. The van der Waals surface area contributed by atoms with E-state index in [0.29, 0.717) is 12.3 Å². The monoisotopic (exact) mass is 353 g/mol. The summed E-state index contributed by atoms with van der Waals surface area (Å²) in [6, 6.07) is 1.98. The largest absolute Gasteiger partial charge is 0.382 e. The van der Waals surface area contributed by atoms with Gasteiger partial charge in [0.1, 0.15) is 36.2 Å². The van der Waals surface area contributed by atoms with Gasteiger partial charge in [0.2, 0.25) is 0 Å². The third-order valence-corrected chi connectivity index (χ3v) is 3.55. The average molecular weight is 353 g/mol. The average Bonchev–Trinajstić information content (AvgIpc) is 3.13. The first-order valence-electron chi connectivity index (χ1n) is 8.97. The maximum absolute atomic E-state index is 14.7. The van der Waals surface area contributed by atoms with Crippen LogP contribution < -0.4 is 0 Å². The van der Waals surface area contributed by atoms with Crippen LogP contribution in [0.15, 0.2) is 43.4 Å². The van der Waals surface area contributed by atoms with Crippen LogP contribution >= 0.6 is 0 Å². The Hall–Kier alpha value is -2.81. The molecule has 25 heavy (non-hydrogen) atoms. The van der Waals surface area contributed by atoms with Gasteiger partial charge >= 0.3 is 0 Å². The van der Waals surface area contributed by atoms with Crippen molar-refractivity contribution in [2.45, 2.75) is 24.9 Å². The Balaban J connectivity index is 2.37. The Morgan fingerprint density at radius 2 is 2.12 bits per heavy atom. The lowest BCUT2D eigenvalue weighted by atomic mass is 9.79. The number of aliphatic hydroxyl groups is 1. The Kier molecular flexibility index (Phi) is 3.31. The van der Waals surface area contributed by atoms with Crippen LogP contribution in [0.2, 0.25) is 0 Å². The number of hydrogen-bond acceptors (Lipinski definition) is 5. The van der Waals surface area contributed by atoms with Crippen molar-refractivity contribution in [2.75, 3.05) is 0 Å². The molecule has 6 nitrogen and oxygen atoms in total. The minimum absolute atomic E-state index is 0.415. The predicted molar refractivity (Wildman–Crippen MR) is 80.7 cm³/mol. The summed E-state index contributed by atoms with van der Waals surface area (Å²) in [6.45, 7) is -4.24. The van der Waals surface area contributed by atoms with Crippen molar-refractivity contribution < 1.29 is 23.8 Å². The van der Waals surface area contributed by atoms with Gasteiger partial charge < -0.3 is 5.11 Å². The lowest BCUT2D eigenvalue weighted by Crippen LogP contribution is -2.39. The third-order valence-electron chi connectivity index (χ3n) is 3.55. The molecule has 0 unspecified atom stereocenters. The quantitative estimate of drug-likeness (QED) is 0.761. The van der Waals surface area contributed by atoms with E-state index in [2.05, 4.69) is 20.1 Å². The van der Waals surface area contributed by atoms with Crippen molar-refractivity contribution in [1.82, 2.24) is 24.7 Å². The fourth-order valence-electron chi connectivity index (χ4n) is 2.37. The standard InChI is InChI=1S/C16H14F3N5O/c1-10(15-14(19)5-20-7-22-15)16(25,6-24-9-21-8-23-24)12-3-2-11(17)4-13(12)18/h2-5,7-10,25H,6H2,1H3/t10-,16+/m0/s1/i1D3,10D. The van der Waals surface area contributed by atoms with Crippen molar-refractivity contribution in [3.05, 3.63) is 72.1 Å². The molecule has 0 saturated heterocycles. The van der Waals surface area contributed by atoms with Crippen LogP contribution in [0.3, 0.4) is 0 Å². The van der Waals surface area contributed by atoms with Crippen molar-refractivity contribution in [2.24, 2.45) is 0 Å². The molecule has 0 radical (unpaired) electrons. The molecule has 0 aliphatic carbocycles. The summed E-state index contributed by atoms with van der Waals surface area (Å²) in [6.07, 6.45) is 3.56. The molecule has 9 heteroatoms. The molecule has 2 heterocycles. The molecule has 0 spiro atoms. The molecule has 0 fully saturated rings. The molecule has 1 aromatic carbocycles. The van der Waals surface area contributed by atoms with Crippen LogP contribution in [0.4, 0.5) is 13.2 Å². The molecule has 0 saturated carbocycles. The van der Waals surface area contributed by atoms with Crippen molar-refractivity contribution >= 4 is 0 Å². The molecule has 1 N–H and O–H groups in total. The number of halogens is 3. The molecular weight excluding hydrogens is 335 g/mol. The molecule has 0 aliphatic rings. The van der Waals surface area contributed by atoms with Gasteiger partial charge in [-0.2, -0.15) is 5.10 Å². The van der Waals surface area contributed by atoms with E-state index < -0.39 is 53.6 Å². The van der Waals surface area contributed by atoms with E-state index in [9.17, 15) is 18.3 Å². The second kappa shape index (κ2) is 6.60. The first kappa shape index (κ1) is 12.5. The van der Waals surface area contributed by atoms with Gasteiger partial charge in [0.25, 0.3) is 0 Å². The number of aromatic nitrogens is 5. The highest BCUT2D eigenvalue weighted by atomic mass is 19.1. The summed E-state index contributed by atoms with van der Waals surface area (Å²) in [7, 11) is 0. The van der Waals surface area contributed by atoms with E-state index in [1.165, 1.54) is 0 Å². The fraction of sp³-hybridized carbons (Fsp3) is 0.250. The lowest BCUT2D eigenvalue weighted by molar-refractivity contribution is -0.0133. The van der Waals surface area contributed by atoms with Crippen molar-refractivity contribution in [3.8, 4) is 0 Å². The van der Waals surface area contributed by atoms with E-state index >= 15 is 0 Å². The van der Waals surface area contributed by atoms with Gasteiger partial charge in [-0.05, 0) is 6.07 Å². The highest BCUT2D eigenvalue weighted by Gasteiger charge is 2.41. The van der Waals surface area contributed by atoms with Crippen LogP contribution in [0.5, 0.6) is 0 Å². The predicted octanol–water partition coefficient (Wildman–Crippen LogP) is 2.18. The first-order chi connectivity index (χ1) is 13.5. The lowest BCUT2D eigenvalue weighted by Gasteiger charge is -2.34. The summed E-state index contributed by atoms with van der Waals surface area (Å²) in [4.78, 5) is 10.6. The van der Waals surface area contributed by atoms with Gasteiger partial charge in [-0.1, -0.05) is 12.9 Å². The second-order valence-electron chi connectivity index (χ2n) is 5.17. The third kappa shape index (κ3) is 3.22. The second-order valence-corrected chi connectivity index (χ2v) is 5.17. The van der Waals surface area contributed by atoms with E-state index in [1.807, 2.05) is 0 Å². The maximum Gasteiger partial charge on any atom is 0.163 e. The van der Waals surface area contributed by atoms with Gasteiger partial charge in [0.05, 0.1) is 18.4 Å². The summed E-state index contributed by atoms with van der Waals surface area (Å²) >= 11 is 0. The number of rotatable bonds is 5. The number of hydrogen-bond donors (Lipinski definition) is 1. The SMILES string of the molecule is [2H]C([2H])([2H])[C@@]([2H])(c1ncncc1F)[C@](O)(Cn1cncn1)c1ccc(F)cc1F. The molecule has 0 bridgehead atoms. The first-order valence-corrected chi connectivity index (χ1v) is 6.97. The van der Waals surface area contributed by atoms with Crippen LogP contribution in [0, 0.1) is 17.5 Å². The fourth-order valence-corrected chi connectivity index (χ4v) is 2.37. The number of nitrogens with zero attached hydrogens (tertiary/aromatic N) is 5. The van der Waals surface area contributed by atoms with Crippen LogP contribution in [0.25, 0.3) is 0 Å². The Bertz CT molecular complexity index is 1020. The van der Waals surface area contributed by atoms with Crippen LogP contribution in [0.1, 0.15) is 29.5 Å². The van der Waals surface area contributed by atoms with Gasteiger partial charge in [0.15, 0.2) is 5.82 Å². The van der Waals surface area contributed by atoms with E-state index in [-0.39, 0.29) is 0 Å². The molecule has 3 aromatic rings. The summed E-state index contributed by atoms with van der Waals surface area (Å²) in [5.41, 5.74) is -4.71.